The summed E-state index contributed by atoms with van der Waals surface area (Å²) in [7, 11) is 1.76. The Balaban J connectivity index is 1.88. The van der Waals surface area contributed by atoms with Crippen LogP contribution in [0, 0.1) is 11.3 Å². The summed E-state index contributed by atoms with van der Waals surface area (Å²) >= 11 is 2.07. The Hall–Kier alpha value is -0.510. The van der Waals surface area contributed by atoms with Crippen molar-refractivity contribution in [1.29, 1.82) is 0 Å². The van der Waals surface area contributed by atoms with Crippen molar-refractivity contribution in [1.82, 2.24) is 5.32 Å². The fraction of sp³-hybridized carbons (Fsp3) is 0.667. The van der Waals surface area contributed by atoms with Crippen molar-refractivity contribution in [2.75, 3.05) is 26.8 Å². The Bertz CT molecular complexity index is 416. The van der Waals surface area contributed by atoms with E-state index in [1.807, 2.05) is 0 Å². The molecule has 0 saturated heterocycles. The first kappa shape index (κ1) is 16.9. The summed E-state index contributed by atoms with van der Waals surface area (Å²) in [5.74, 6) is 0.696. The maximum atomic E-state index is 5.12. The highest BCUT2D eigenvalue weighted by molar-refractivity contribution is 8.00. The molecule has 1 N–H and O–H groups in total. The van der Waals surface area contributed by atoms with E-state index in [2.05, 4.69) is 62.1 Å². The molecule has 1 aliphatic heterocycles. The first-order valence-electron chi connectivity index (χ1n) is 7.95. The molecule has 2 atom stereocenters. The molecule has 3 heteroatoms. The van der Waals surface area contributed by atoms with Gasteiger partial charge in [-0.25, -0.2) is 0 Å². The van der Waals surface area contributed by atoms with E-state index in [0.717, 1.165) is 24.9 Å². The summed E-state index contributed by atoms with van der Waals surface area (Å²) in [6.45, 7) is 9.91. The lowest BCUT2D eigenvalue weighted by molar-refractivity contribution is 0.183. The van der Waals surface area contributed by atoms with Gasteiger partial charge in [0.05, 0.1) is 6.61 Å². The van der Waals surface area contributed by atoms with Crippen LogP contribution in [0.1, 0.15) is 32.8 Å². The van der Waals surface area contributed by atoms with E-state index >= 15 is 0 Å². The van der Waals surface area contributed by atoms with Gasteiger partial charge in [0.1, 0.15) is 0 Å². The standard InChI is InChI=1S/C18H29NOS/c1-18(2,3)15(13-19-9-10-20-4)12-16-11-14-7-5-6-8-17(14)21-16/h5-8,15-16,19H,9-13H2,1-4H3. The summed E-state index contributed by atoms with van der Waals surface area (Å²) in [5, 5.41) is 4.29. The van der Waals surface area contributed by atoms with Gasteiger partial charge in [-0.05, 0) is 42.3 Å². The SMILES string of the molecule is COCCNCC(CC1Cc2ccccc2S1)C(C)(C)C. The lowest BCUT2D eigenvalue weighted by Gasteiger charge is -2.33. The van der Waals surface area contributed by atoms with Crippen molar-refractivity contribution < 1.29 is 4.74 Å². The number of benzene rings is 1. The van der Waals surface area contributed by atoms with Crippen LogP contribution < -0.4 is 5.32 Å². The van der Waals surface area contributed by atoms with Gasteiger partial charge in [-0.3, -0.25) is 0 Å². The molecule has 0 aliphatic carbocycles. The minimum Gasteiger partial charge on any atom is -0.383 e. The smallest absolute Gasteiger partial charge is 0.0587 e. The number of fused-ring (bicyclic) bond motifs is 1. The largest absolute Gasteiger partial charge is 0.383 e. The summed E-state index contributed by atoms with van der Waals surface area (Å²) < 4.78 is 5.12. The van der Waals surface area contributed by atoms with Crippen LogP contribution >= 0.6 is 11.8 Å². The summed E-state index contributed by atoms with van der Waals surface area (Å²) in [6, 6.07) is 8.87. The van der Waals surface area contributed by atoms with Gasteiger partial charge in [-0.15, -0.1) is 11.8 Å². The molecule has 0 radical (unpaired) electrons. The normalized spacial score (nSPS) is 19.5. The van der Waals surface area contributed by atoms with Crippen LogP contribution in [0.4, 0.5) is 0 Å². The van der Waals surface area contributed by atoms with Gasteiger partial charge >= 0.3 is 0 Å². The van der Waals surface area contributed by atoms with Gasteiger partial charge in [0.2, 0.25) is 0 Å². The van der Waals surface area contributed by atoms with E-state index in [9.17, 15) is 0 Å². The molecule has 0 spiro atoms. The molecule has 1 heterocycles. The van der Waals surface area contributed by atoms with Crippen LogP contribution in [0.5, 0.6) is 0 Å². The Morgan fingerprint density at radius 2 is 2.10 bits per heavy atom. The van der Waals surface area contributed by atoms with Gasteiger partial charge in [0.15, 0.2) is 0 Å². The highest BCUT2D eigenvalue weighted by atomic mass is 32.2. The van der Waals surface area contributed by atoms with E-state index < -0.39 is 0 Å². The Morgan fingerprint density at radius 1 is 1.33 bits per heavy atom. The van der Waals surface area contributed by atoms with Crippen molar-refractivity contribution in [3.05, 3.63) is 29.8 Å². The molecule has 2 unspecified atom stereocenters. The minimum atomic E-state index is 0.343. The van der Waals surface area contributed by atoms with Crippen LogP contribution in [0.25, 0.3) is 0 Å². The maximum Gasteiger partial charge on any atom is 0.0587 e. The first-order valence-corrected chi connectivity index (χ1v) is 8.83. The summed E-state index contributed by atoms with van der Waals surface area (Å²) in [5.41, 5.74) is 1.88. The summed E-state index contributed by atoms with van der Waals surface area (Å²) in [4.78, 5) is 1.49. The average Bonchev–Trinajstić information content (AvgIpc) is 2.83. The zero-order chi connectivity index (χ0) is 15.3. The molecule has 0 amide bonds. The molecule has 1 aliphatic rings. The highest BCUT2D eigenvalue weighted by Crippen LogP contribution is 2.42. The molecule has 2 rings (SSSR count). The van der Waals surface area contributed by atoms with Crippen LogP contribution in [-0.2, 0) is 11.2 Å². The van der Waals surface area contributed by atoms with Gasteiger partial charge < -0.3 is 10.1 Å². The number of rotatable bonds is 7. The summed E-state index contributed by atoms with van der Waals surface area (Å²) in [6.07, 6.45) is 2.51. The van der Waals surface area contributed by atoms with Crippen molar-refractivity contribution in [3.8, 4) is 0 Å². The van der Waals surface area contributed by atoms with Gasteiger partial charge in [-0.1, -0.05) is 39.0 Å². The van der Waals surface area contributed by atoms with Crippen LogP contribution in [-0.4, -0.2) is 32.1 Å². The lowest BCUT2D eigenvalue weighted by Crippen LogP contribution is -2.35. The van der Waals surface area contributed by atoms with E-state index in [1.165, 1.54) is 23.3 Å². The molecular formula is C18H29NOS. The minimum absolute atomic E-state index is 0.343. The highest BCUT2D eigenvalue weighted by Gasteiger charge is 2.30. The van der Waals surface area contributed by atoms with Crippen molar-refractivity contribution >= 4 is 11.8 Å². The zero-order valence-electron chi connectivity index (χ0n) is 13.8. The van der Waals surface area contributed by atoms with Crippen LogP contribution in [0.2, 0.25) is 0 Å². The third kappa shape index (κ3) is 5.01. The molecule has 2 nitrogen and oxygen atoms in total. The van der Waals surface area contributed by atoms with Crippen molar-refractivity contribution in [2.45, 2.75) is 43.8 Å². The number of nitrogens with one attached hydrogen (secondary N) is 1. The monoisotopic (exact) mass is 307 g/mol. The third-order valence-corrected chi connectivity index (χ3v) is 5.70. The molecular weight excluding hydrogens is 278 g/mol. The topological polar surface area (TPSA) is 21.3 Å². The number of thioether (sulfide) groups is 1. The number of ether oxygens (including phenoxy) is 1. The molecule has 1 aromatic carbocycles. The Morgan fingerprint density at radius 3 is 2.76 bits per heavy atom. The molecule has 0 saturated carbocycles. The fourth-order valence-corrected chi connectivity index (χ4v) is 4.31. The van der Waals surface area contributed by atoms with Crippen molar-refractivity contribution in [3.63, 3.8) is 0 Å². The van der Waals surface area contributed by atoms with Crippen LogP contribution in [0.15, 0.2) is 29.2 Å². The average molecular weight is 308 g/mol. The molecule has 118 valence electrons. The van der Waals surface area contributed by atoms with Crippen LogP contribution in [0.3, 0.4) is 0 Å². The van der Waals surface area contributed by atoms with Gasteiger partial charge in [0, 0.05) is 23.8 Å². The number of hydrogen-bond donors (Lipinski definition) is 1. The number of hydrogen-bond acceptors (Lipinski definition) is 3. The first-order chi connectivity index (χ1) is 10.0. The Kier molecular flexibility index (Phi) is 6.15. The van der Waals surface area contributed by atoms with E-state index in [0.29, 0.717) is 11.3 Å². The second kappa shape index (κ2) is 7.66. The third-order valence-electron chi connectivity index (χ3n) is 4.36. The number of methoxy groups -OCH3 is 1. The quantitative estimate of drug-likeness (QED) is 0.770. The second-order valence-electron chi connectivity index (χ2n) is 7.05. The Labute approximate surface area is 134 Å². The second-order valence-corrected chi connectivity index (χ2v) is 8.39. The van der Waals surface area contributed by atoms with Gasteiger partial charge in [0.25, 0.3) is 0 Å². The van der Waals surface area contributed by atoms with E-state index in [4.69, 9.17) is 4.74 Å². The predicted octanol–water partition coefficient (Wildman–Crippen LogP) is 3.99. The zero-order valence-corrected chi connectivity index (χ0v) is 14.6. The molecule has 21 heavy (non-hydrogen) atoms. The van der Waals surface area contributed by atoms with E-state index in [-0.39, 0.29) is 0 Å². The molecule has 0 bridgehead atoms. The molecule has 1 aromatic rings. The maximum absolute atomic E-state index is 5.12. The molecule has 0 aromatic heterocycles. The predicted molar refractivity (Wildman–Crippen MR) is 92.1 cm³/mol. The van der Waals surface area contributed by atoms with Gasteiger partial charge in [-0.2, -0.15) is 0 Å². The van der Waals surface area contributed by atoms with E-state index in [1.54, 1.807) is 7.11 Å². The van der Waals surface area contributed by atoms with Crippen molar-refractivity contribution in [2.24, 2.45) is 11.3 Å². The molecule has 0 fully saturated rings. The lowest BCUT2D eigenvalue weighted by atomic mass is 9.77. The fourth-order valence-electron chi connectivity index (χ4n) is 2.90.